The molecule has 2 heterocycles. The van der Waals surface area contributed by atoms with Gasteiger partial charge in [-0.2, -0.15) is 5.10 Å². The molecule has 1 aliphatic heterocycles. The van der Waals surface area contributed by atoms with Gasteiger partial charge in [-0.3, -0.25) is 9.89 Å². The molecule has 0 saturated carbocycles. The lowest BCUT2D eigenvalue weighted by Gasteiger charge is -2.36. The molecule has 3 aromatic carbocycles. The van der Waals surface area contributed by atoms with Crippen LogP contribution in [0.3, 0.4) is 0 Å². The first-order valence-corrected chi connectivity index (χ1v) is 11.3. The minimum absolute atomic E-state index is 0.0799. The number of carbonyl (C=O) groups excluding carboxylic acids is 1. The minimum atomic E-state index is -4.82. The Kier molecular flexibility index (Phi) is 6.36. The lowest BCUT2D eigenvalue weighted by Crippen LogP contribution is -2.48. The third-order valence-electron chi connectivity index (χ3n) is 5.92. The molecule has 1 aromatic heterocycles. The lowest BCUT2D eigenvalue weighted by molar-refractivity contribution is -0.274. The van der Waals surface area contributed by atoms with Gasteiger partial charge in [0.15, 0.2) is 0 Å². The van der Waals surface area contributed by atoms with E-state index in [2.05, 4.69) is 32.1 Å². The molecule has 0 radical (unpaired) electrons. The number of para-hydroxylation sites is 1. The van der Waals surface area contributed by atoms with Crippen molar-refractivity contribution in [1.82, 2.24) is 20.4 Å². The average Bonchev–Trinajstić information content (AvgIpc) is 3.29. The number of H-pyrrole nitrogens is 1. The number of benzene rings is 3. The van der Waals surface area contributed by atoms with Crippen LogP contribution in [-0.2, 0) is 0 Å². The molecule has 5 rings (SSSR count). The Bertz CT molecular complexity index is 1450. The van der Waals surface area contributed by atoms with E-state index in [1.165, 1.54) is 18.2 Å². The number of halogens is 3. The summed E-state index contributed by atoms with van der Waals surface area (Å²) in [5, 5.41) is 11.0. The molecule has 1 aliphatic rings. The molecule has 2 N–H and O–H groups in total. The normalized spacial score (nSPS) is 15.9. The Hall–Kier alpha value is -4.29. The first-order chi connectivity index (χ1) is 17.4. The summed E-state index contributed by atoms with van der Waals surface area (Å²) in [5.74, 6) is 5.06. The number of ether oxygens (including phenoxy) is 1. The van der Waals surface area contributed by atoms with E-state index in [-0.39, 0.29) is 23.3 Å². The smallest absolute Gasteiger partial charge is 0.404 e. The van der Waals surface area contributed by atoms with Crippen LogP contribution >= 0.6 is 0 Å². The van der Waals surface area contributed by atoms with Gasteiger partial charge in [-0.25, -0.2) is 0 Å². The molecule has 1 unspecified atom stereocenters. The van der Waals surface area contributed by atoms with Gasteiger partial charge in [0.25, 0.3) is 5.91 Å². The van der Waals surface area contributed by atoms with Crippen LogP contribution < -0.4 is 10.1 Å². The first-order valence-electron chi connectivity index (χ1n) is 11.3. The quantitative estimate of drug-likeness (QED) is 0.411. The summed E-state index contributed by atoms with van der Waals surface area (Å²) in [7, 11) is 0. The van der Waals surface area contributed by atoms with Crippen molar-refractivity contribution in [3.63, 3.8) is 0 Å². The van der Waals surface area contributed by atoms with E-state index in [0.717, 1.165) is 5.56 Å². The molecular weight excluding hydrogens is 469 g/mol. The summed E-state index contributed by atoms with van der Waals surface area (Å²) in [6.45, 7) is 1.91. The van der Waals surface area contributed by atoms with Crippen LogP contribution in [0.1, 0.15) is 33.2 Å². The summed E-state index contributed by atoms with van der Waals surface area (Å²) in [5.41, 5.74) is 2.60. The van der Waals surface area contributed by atoms with Gasteiger partial charge in [-0.15, -0.1) is 13.2 Å². The Balaban J connectivity index is 1.45. The van der Waals surface area contributed by atoms with E-state index in [1.807, 2.05) is 35.2 Å². The lowest BCUT2D eigenvalue weighted by atomic mass is 10.0. The van der Waals surface area contributed by atoms with Crippen LogP contribution in [0, 0.1) is 11.8 Å². The van der Waals surface area contributed by atoms with Gasteiger partial charge in [0.1, 0.15) is 11.4 Å². The zero-order valence-electron chi connectivity index (χ0n) is 19.0. The van der Waals surface area contributed by atoms with Crippen LogP contribution in [-0.4, -0.2) is 47.0 Å². The molecule has 1 atom stereocenters. The number of rotatable bonds is 3. The van der Waals surface area contributed by atoms with E-state index in [9.17, 15) is 18.0 Å². The number of alkyl halides is 3. The highest BCUT2D eigenvalue weighted by Crippen LogP contribution is 2.27. The van der Waals surface area contributed by atoms with E-state index >= 15 is 0 Å². The molecule has 1 fully saturated rings. The highest BCUT2D eigenvalue weighted by atomic mass is 19.4. The van der Waals surface area contributed by atoms with Crippen LogP contribution in [0.4, 0.5) is 13.2 Å². The van der Waals surface area contributed by atoms with Crippen molar-refractivity contribution in [3.8, 4) is 17.6 Å². The molecule has 1 amide bonds. The summed E-state index contributed by atoms with van der Waals surface area (Å²) in [4.78, 5) is 15.4. The Morgan fingerprint density at radius 1 is 1.03 bits per heavy atom. The molecule has 0 bridgehead atoms. The van der Waals surface area contributed by atoms with Crippen molar-refractivity contribution in [2.75, 3.05) is 19.6 Å². The third-order valence-corrected chi connectivity index (χ3v) is 5.92. The number of carbonyl (C=O) groups is 1. The number of nitrogens with one attached hydrogen (secondary N) is 2. The van der Waals surface area contributed by atoms with Crippen molar-refractivity contribution >= 4 is 16.8 Å². The molecule has 182 valence electrons. The topological polar surface area (TPSA) is 70.2 Å². The van der Waals surface area contributed by atoms with Gasteiger partial charge in [0, 0.05) is 30.6 Å². The Labute approximate surface area is 205 Å². The zero-order valence-corrected chi connectivity index (χ0v) is 19.0. The highest BCUT2D eigenvalue weighted by Gasteiger charge is 2.32. The van der Waals surface area contributed by atoms with Crippen LogP contribution in [0.5, 0.6) is 5.75 Å². The van der Waals surface area contributed by atoms with Crippen molar-refractivity contribution in [1.29, 1.82) is 0 Å². The van der Waals surface area contributed by atoms with Gasteiger partial charge in [0.2, 0.25) is 0 Å². The number of amides is 1. The molecule has 4 aromatic rings. The van der Waals surface area contributed by atoms with Gasteiger partial charge in [-0.05, 0) is 41.8 Å². The maximum Gasteiger partial charge on any atom is 0.573 e. The zero-order chi connectivity index (χ0) is 25.1. The third kappa shape index (κ3) is 5.04. The van der Waals surface area contributed by atoms with E-state index in [0.29, 0.717) is 41.8 Å². The fourth-order valence-corrected chi connectivity index (χ4v) is 4.24. The average molecular weight is 490 g/mol. The maximum atomic E-state index is 13.5. The van der Waals surface area contributed by atoms with Crippen LogP contribution in [0.2, 0.25) is 0 Å². The van der Waals surface area contributed by atoms with E-state index in [4.69, 9.17) is 0 Å². The standard InChI is InChI=1S/C27H21F3N4O2/c28-27(29,30)36-25-9-5-4-8-19(25)10-12-22-21-16-20(11-13-23(21)33-32-22)26(35)34-15-14-31-17-24(34)18-6-2-1-3-7-18/h1-9,11,13,16,24,31H,14-15,17H2,(H,32,33). The summed E-state index contributed by atoms with van der Waals surface area (Å²) in [6, 6.07) is 20.6. The number of aromatic amines is 1. The van der Waals surface area contributed by atoms with Gasteiger partial charge in [0.05, 0.1) is 17.1 Å². The predicted molar refractivity (Wildman–Crippen MR) is 128 cm³/mol. The summed E-state index contributed by atoms with van der Waals surface area (Å²) >= 11 is 0. The highest BCUT2D eigenvalue weighted by molar-refractivity contribution is 5.99. The largest absolute Gasteiger partial charge is 0.573 e. The second kappa shape index (κ2) is 9.76. The van der Waals surface area contributed by atoms with Crippen LogP contribution in [0.25, 0.3) is 10.9 Å². The number of fused-ring (bicyclic) bond motifs is 1. The number of hydrogen-bond donors (Lipinski definition) is 2. The molecular formula is C27H21F3N4O2. The summed E-state index contributed by atoms with van der Waals surface area (Å²) in [6.07, 6.45) is -4.82. The first kappa shape index (κ1) is 23.5. The van der Waals surface area contributed by atoms with E-state index in [1.54, 1.807) is 24.3 Å². The molecule has 9 heteroatoms. The summed E-state index contributed by atoms with van der Waals surface area (Å²) < 4.78 is 42.2. The fraction of sp³-hybridized carbons (Fsp3) is 0.185. The Morgan fingerprint density at radius 2 is 1.81 bits per heavy atom. The number of aromatic nitrogens is 2. The van der Waals surface area contributed by atoms with Gasteiger partial charge in [-0.1, -0.05) is 48.4 Å². The molecule has 0 aliphatic carbocycles. The molecule has 0 spiro atoms. The van der Waals surface area contributed by atoms with Crippen molar-refractivity contribution in [2.24, 2.45) is 0 Å². The minimum Gasteiger partial charge on any atom is -0.404 e. The van der Waals surface area contributed by atoms with E-state index < -0.39 is 6.36 Å². The molecule has 6 nitrogen and oxygen atoms in total. The fourth-order valence-electron chi connectivity index (χ4n) is 4.24. The van der Waals surface area contributed by atoms with Crippen LogP contribution in [0.15, 0.2) is 72.8 Å². The predicted octanol–water partition coefficient (Wildman–Crippen LogP) is 4.65. The molecule has 36 heavy (non-hydrogen) atoms. The second-order valence-corrected chi connectivity index (χ2v) is 8.25. The number of piperazine rings is 1. The monoisotopic (exact) mass is 490 g/mol. The van der Waals surface area contributed by atoms with Gasteiger partial charge < -0.3 is 15.0 Å². The number of hydrogen-bond acceptors (Lipinski definition) is 4. The SMILES string of the molecule is O=C(c1ccc2n[nH]c(C#Cc3ccccc3OC(F)(F)F)c2c1)N1CCNCC1c1ccccc1. The number of nitrogens with zero attached hydrogens (tertiary/aromatic N) is 2. The van der Waals surface area contributed by atoms with Crippen molar-refractivity contribution < 1.29 is 22.7 Å². The Morgan fingerprint density at radius 3 is 2.61 bits per heavy atom. The van der Waals surface area contributed by atoms with Crippen molar-refractivity contribution in [2.45, 2.75) is 12.4 Å². The van der Waals surface area contributed by atoms with Gasteiger partial charge >= 0.3 is 6.36 Å². The van der Waals surface area contributed by atoms with Crippen molar-refractivity contribution in [3.05, 3.63) is 95.2 Å². The second-order valence-electron chi connectivity index (χ2n) is 8.25. The maximum absolute atomic E-state index is 13.5. The molecule has 1 saturated heterocycles.